The first-order valence-corrected chi connectivity index (χ1v) is 6.74. The van der Waals surface area contributed by atoms with E-state index in [1.807, 2.05) is 35.7 Å². The molecule has 0 aliphatic carbocycles. The number of hydrogen-bond acceptors (Lipinski definition) is 4. The van der Waals surface area contributed by atoms with Crippen LogP contribution in [0.2, 0.25) is 0 Å². The van der Waals surface area contributed by atoms with Gasteiger partial charge in [-0.15, -0.1) is 11.3 Å². The Kier molecular flexibility index (Phi) is 3.97. The molecule has 0 aliphatic rings. The molecule has 1 aromatic carbocycles. The van der Waals surface area contributed by atoms with E-state index in [2.05, 4.69) is 4.98 Å². The summed E-state index contributed by atoms with van der Waals surface area (Å²) >= 11 is 1.52. The van der Waals surface area contributed by atoms with Gasteiger partial charge in [0, 0.05) is 10.9 Å². The Bertz CT molecular complexity index is 563. The van der Waals surface area contributed by atoms with Gasteiger partial charge in [-0.2, -0.15) is 0 Å². The molecule has 0 atom stereocenters. The number of aliphatic carboxylic acids is 1. The Morgan fingerprint density at radius 2 is 2.05 bits per heavy atom. The first-order valence-electron chi connectivity index (χ1n) is 5.86. The maximum absolute atomic E-state index is 10.9. The first kappa shape index (κ1) is 13.7. The van der Waals surface area contributed by atoms with E-state index in [1.165, 1.54) is 25.2 Å². The molecule has 0 saturated heterocycles. The molecule has 19 heavy (non-hydrogen) atoms. The van der Waals surface area contributed by atoms with Crippen LogP contribution in [0.1, 0.15) is 19.5 Å². The third-order valence-corrected chi connectivity index (χ3v) is 3.61. The van der Waals surface area contributed by atoms with E-state index in [-0.39, 0.29) is 6.61 Å². The fourth-order valence-electron chi connectivity index (χ4n) is 1.40. The van der Waals surface area contributed by atoms with Crippen LogP contribution < -0.4 is 0 Å². The van der Waals surface area contributed by atoms with Crippen molar-refractivity contribution in [2.24, 2.45) is 0 Å². The van der Waals surface area contributed by atoms with Crippen molar-refractivity contribution in [3.8, 4) is 10.6 Å². The van der Waals surface area contributed by atoms with Crippen LogP contribution in [0.25, 0.3) is 10.6 Å². The number of nitrogens with zero attached hydrogens (tertiary/aromatic N) is 1. The molecule has 1 aromatic heterocycles. The molecule has 0 aliphatic heterocycles. The highest BCUT2D eigenvalue weighted by molar-refractivity contribution is 7.13. The first-order chi connectivity index (χ1) is 8.99. The molecule has 0 radical (unpaired) electrons. The summed E-state index contributed by atoms with van der Waals surface area (Å²) in [5, 5.41) is 11.8. The average molecular weight is 277 g/mol. The monoisotopic (exact) mass is 277 g/mol. The van der Waals surface area contributed by atoms with E-state index in [4.69, 9.17) is 9.84 Å². The van der Waals surface area contributed by atoms with Gasteiger partial charge in [-0.25, -0.2) is 9.78 Å². The molecule has 0 bridgehead atoms. The Hall–Kier alpha value is -1.72. The highest BCUT2D eigenvalue weighted by Crippen LogP contribution is 2.24. The van der Waals surface area contributed by atoms with Crippen molar-refractivity contribution in [2.75, 3.05) is 0 Å². The van der Waals surface area contributed by atoms with Gasteiger partial charge in [-0.1, -0.05) is 30.3 Å². The van der Waals surface area contributed by atoms with Gasteiger partial charge in [-0.05, 0) is 13.8 Å². The lowest BCUT2D eigenvalue weighted by Gasteiger charge is -2.19. The second-order valence-electron chi connectivity index (χ2n) is 4.61. The minimum atomic E-state index is -1.20. The van der Waals surface area contributed by atoms with Gasteiger partial charge in [0.2, 0.25) is 0 Å². The summed E-state index contributed by atoms with van der Waals surface area (Å²) in [4.78, 5) is 15.4. The van der Waals surface area contributed by atoms with Crippen LogP contribution in [0.3, 0.4) is 0 Å². The third-order valence-electron chi connectivity index (χ3n) is 2.67. The Morgan fingerprint density at radius 1 is 1.37 bits per heavy atom. The summed E-state index contributed by atoms with van der Waals surface area (Å²) < 4.78 is 5.37. The molecule has 0 unspecified atom stereocenters. The third kappa shape index (κ3) is 3.39. The molecular weight excluding hydrogens is 262 g/mol. The van der Waals surface area contributed by atoms with Gasteiger partial charge in [0.25, 0.3) is 0 Å². The largest absolute Gasteiger partial charge is 0.479 e. The summed E-state index contributed by atoms with van der Waals surface area (Å²) in [6.07, 6.45) is 0. The van der Waals surface area contributed by atoms with Crippen molar-refractivity contribution in [1.82, 2.24) is 4.98 Å². The summed E-state index contributed by atoms with van der Waals surface area (Å²) in [6.45, 7) is 3.25. The number of carboxylic acid groups (broad SMARTS) is 1. The number of carbonyl (C=O) groups is 1. The second-order valence-corrected chi connectivity index (χ2v) is 5.47. The molecule has 0 spiro atoms. The summed E-state index contributed by atoms with van der Waals surface area (Å²) in [7, 11) is 0. The smallest absolute Gasteiger partial charge is 0.335 e. The van der Waals surface area contributed by atoms with Crippen molar-refractivity contribution < 1.29 is 14.6 Å². The Morgan fingerprint density at radius 3 is 2.68 bits per heavy atom. The van der Waals surface area contributed by atoms with Crippen LogP contribution in [-0.4, -0.2) is 21.7 Å². The van der Waals surface area contributed by atoms with Crippen LogP contribution in [0, 0.1) is 0 Å². The number of rotatable bonds is 5. The Labute approximate surface area is 115 Å². The van der Waals surface area contributed by atoms with Crippen molar-refractivity contribution >= 4 is 17.3 Å². The standard InChI is InChI=1S/C14H15NO3S/c1-14(2,13(16)17)18-8-11-9-19-12(15-11)10-6-4-3-5-7-10/h3-7,9H,8H2,1-2H3,(H,16,17). The van der Waals surface area contributed by atoms with E-state index in [0.29, 0.717) is 0 Å². The predicted octanol–water partition coefficient (Wildman–Crippen LogP) is 3.19. The topological polar surface area (TPSA) is 59.4 Å². The predicted molar refractivity (Wildman–Crippen MR) is 74.1 cm³/mol. The number of thiazole rings is 1. The van der Waals surface area contributed by atoms with E-state index < -0.39 is 11.6 Å². The number of aromatic nitrogens is 1. The average Bonchev–Trinajstić information content (AvgIpc) is 2.86. The van der Waals surface area contributed by atoms with Gasteiger partial charge < -0.3 is 9.84 Å². The van der Waals surface area contributed by atoms with Crippen LogP contribution in [0.5, 0.6) is 0 Å². The van der Waals surface area contributed by atoms with Gasteiger partial charge in [0.15, 0.2) is 5.60 Å². The van der Waals surface area contributed by atoms with Crippen LogP contribution >= 0.6 is 11.3 Å². The SMILES string of the molecule is CC(C)(OCc1csc(-c2ccccc2)n1)C(=O)O. The molecule has 0 saturated carbocycles. The summed E-state index contributed by atoms with van der Waals surface area (Å²) in [5.41, 5.74) is 0.603. The zero-order valence-corrected chi connectivity index (χ0v) is 11.6. The quantitative estimate of drug-likeness (QED) is 0.911. The summed E-state index contributed by atoms with van der Waals surface area (Å²) in [5.74, 6) is -0.981. The minimum Gasteiger partial charge on any atom is -0.479 e. The van der Waals surface area contributed by atoms with Gasteiger partial charge in [0.05, 0.1) is 12.3 Å². The molecule has 1 N–H and O–H groups in total. The lowest BCUT2D eigenvalue weighted by atomic mass is 10.1. The number of hydrogen-bond donors (Lipinski definition) is 1. The van der Waals surface area contributed by atoms with Gasteiger partial charge in [0.1, 0.15) is 5.01 Å². The zero-order valence-electron chi connectivity index (χ0n) is 10.8. The lowest BCUT2D eigenvalue weighted by Crippen LogP contribution is -2.34. The molecule has 0 fully saturated rings. The van der Waals surface area contributed by atoms with E-state index in [9.17, 15) is 4.79 Å². The summed E-state index contributed by atoms with van der Waals surface area (Å²) in [6, 6.07) is 9.85. The molecule has 2 aromatic rings. The van der Waals surface area contributed by atoms with Gasteiger partial charge >= 0.3 is 5.97 Å². The van der Waals surface area contributed by atoms with Crippen molar-refractivity contribution in [2.45, 2.75) is 26.1 Å². The fraction of sp³-hybridized carbons (Fsp3) is 0.286. The fourth-order valence-corrected chi connectivity index (χ4v) is 2.21. The molecule has 0 amide bonds. The zero-order chi connectivity index (χ0) is 13.9. The molecule has 2 rings (SSSR count). The lowest BCUT2D eigenvalue weighted by molar-refractivity contribution is -0.162. The maximum atomic E-state index is 10.9. The highest BCUT2D eigenvalue weighted by atomic mass is 32.1. The van der Waals surface area contributed by atoms with Crippen molar-refractivity contribution in [1.29, 1.82) is 0 Å². The van der Waals surface area contributed by atoms with Crippen LogP contribution in [-0.2, 0) is 16.1 Å². The molecule has 4 nitrogen and oxygen atoms in total. The number of benzene rings is 1. The maximum Gasteiger partial charge on any atom is 0.335 e. The van der Waals surface area contributed by atoms with E-state index >= 15 is 0 Å². The molecular formula is C14H15NO3S. The van der Waals surface area contributed by atoms with Crippen molar-refractivity contribution in [3.63, 3.8) is 0 Å². The van der Waals surface area contributed by atoms with Gasteiger partial charge in [-0.3, -0.25) is 0 Å². The molecule has 100 valence electrons. The number of ether oxygens (including phenoxy) is 1. The van der Waals surface area contributed by atoms with E-state index in [1.54, 1.807) is 0 Å². The number of carboxylic acids is 1. The normalized spacial score (nSPS) is 11.5. The van der Waals surface area contributed by atoms with E-state index in [0.717, 1.165) is 16.3 Å². The van der Waals surface area contributed by atoms with Crippen LogP contribution in [0.4, 0.5) is 0 Å². The minimum absolute atomic E-state index is 0.197. The highest BCUT2D eigenvalue weighted by Gasteiger charge is 2.28. The van der Waals surface area contributed by atoms with Crippen molar-refractivity contribution in [3.05, 3.63) is 41.4 Å². The van der Waals surface area contributed by atoms with Crippen LogP contribution in [0.15, 0.2) is 35.7 Å². The second kappa shape index (κ2) is 5.50. The molecule has 5 heteroatoms. The Balaban J connectivity index is 2.05. The molecule has 1 heterocycles.